The number of carbonyl (C=O) groups excluding carboxylic acids is 1. The Morgan fingerprint density at radius 1 is 1.41 bits per heavy atom. The Morgan fingerprint density at radius 3 is 2.35 bits per heavy atom. The molecule has 0 heterocycles. The first-order valence-corrected chi connectivity index (χ1v) is 6.74. The fraction of sp³-hybridized carbons (Fsp3) is 0.700. The van der Waals surface area contributed by atoms with Crippen molar-refractivity contribution in [1.29, 1.82) is 0 Å². The number of ether oxygens (including phenoxy) is 1. The number of hydrogen-bond acceptors (Lipinski definition) is 4. The normalized spacial score (nSPS) is 12.2. The molecule has 0 saturated heterocycles. The van der Waals surface area contributed by atoms with E-state index in [0.717, 1.165) is 0 Å². The van der Waals surface area contributed by atoms with Gasteiger partial charge in [0.15, 0.2) is 0 Å². The van der Waals surface area contributed by atoms with Gasteiger partial charge in [0, 0.05) is 12.0 Å². The third-order valence-electron chi connectivity index (χ3n) is 2.00. The Labute approximate surface area is 102 Å². The zero-order chi connectivity index (χ0) is 13.7. The average molecular weight is 266 g/mol. The van der Waals surface area contributed by atoms with Crippen LogP contribution in [0.4, 0.5) is 0 Å². The number of quaternary nitrogens is 1. The molecule has 0 unspecified atom stereocenters. The molecular weight excluding hydrogens is 246 g/mol. The van der Waals surface area contributed by atoms with Crippen LogP contribution >= 0.6 is 0 Å². The summed E-state index contributed by atoms with van der Waals surface area (Å²) in [6.07, 6.45) is 0.515. The van der Waals surface area contributed by atoms with Crippen molar-refractivity contribution in [1.82, 2.24) is 0 Å². The third-order valence-corrected chi connectivity index (χ3v) is 3.03. The van der Waals surface area contributed by atoms with Crippen LogP contribution in [0.3, 0.4) is 0 Å². The predicted molar refractivity (Wildman–Crippen MR) is 63.8 cm³/mol. The van der Waals surface area contributed by atoms with Gasteiger partial charge in [-0.3, -0.25) is 4.55 Å². The van der Waals surface area contributed by atoms with Crippen LogP contribution < -0.4 is 0 Å². The van der Waals surface area contributed by atoms with Gasteiger partial charge in [-0.2, -0.15) is 8.42 Å². The molecule has 100 valence electrons. The van der Waals surface area contributed by atoms with Crippen molar-refractivity contribution in [2.45, 2.75) is 13.3 Å². The smallest absolute Gasteiger partial charge is 0.333 e. The largest absolute Gasteiger partial charge is 0.462 e. The summed E-state index contributed by atoms with van der Waals surface area (Å²) in [5.74, 6) is -0.813. The Morgan fingerprint density at radius 2 is 1.94 bits per heavy atom. The number of hydrogen-bond donors (Lipinski definition) is 1. The first-order chi connectivity index (χ1) is 7.53. The lowest BCUT2D eigenvalue weighted by Crippen LogP contribution is -2.44. The van der Waals surface area contributed by atoms with E-state index >= 15 is 0 Å². The molecule has 0 aliphatic carbocycles. The van der Waals surface area contributed by atoms with E-state index in [1.54, 1.807) is 21.0 Å². The molecule has 0 saturated carbocycles. The highest BCUT2D eigenvalue weighted by Gasteiger charge is 2.22. The molecule has 0 atom stereocenters. The Hall–Kier alpha value is -0.920. The molecule has 0 spiro atoms. The highest BCUT2D eigenvalue weighted by atomic mass is 32.2. The minimum atomic E-state index is -4.00. The molecule has 1 N–H and O–H groups in total. The highest BCUT2D eigenvalue weighted by Crippen LogP contribution is 2.03. The SMILES string of the molecule is C=C(C)C(=O)OCCC[N+](C)(C)CS(=O)(=O)O. The molecule has 17 heavy (non-hydrogen) atoms. The van der Waals surface area contributed by atoms with Crippen LogP contribution in [0.5, 0.6) is 0 Å². The van der Waals surface area contributed by atoms with Gasteiger partial charge in [-0.1, -0.05) is 6.58 Å². The quantitative estimate of drug-likeness (QED) is 0.237. The van der Waals surface area contributed by atoms with Crippen LogP contribution in [0, 0.1) is 0 Å². The van der Waals surface area contributed by atoms with E-state index in [4.69, 9.17) is 9.29 Å². The van der Waals surface area contributed by atoms with Gasteiger partial charge in [-0.05, 0) is 6.92 Å². The molecule has 0 fully saturated rings. The minimum absolute atomic E-state index is 0.115. The molecule has 0 aromatic carbocycles. The number of nitrogens with zero attached hydrogens (tertiary/aromatic N) is 1. The molecule has 0 aliphatic heterocycles. The van der Waals surface area contributed by atoms with Crippen LogP contribution in [0.15, 0.2) is 12.2 Å². The van der Waals surface area contributed by atoms with Crippen LogP contribution in [0.2, 0.25) is 0 Å². The van der Waals surface area contributed by atoms with Gasteiger partial charge in [0.25, 0.3) is 0 Å². The van der Waals surface area contributed by atoms with Gasteiger partial charge in [-0.25, -0.2) is 4.79 Å². The third kappa shape index (κ3) is 8.84. The number of esters is 1. The summed E-state index contributed by atoms with van der Waals surface area (Å²) in [4.78, 5) is 11.0. The molecule has 7 heteroatoms. The summed E-state index contributed by atoms with van der Waals surface area (Å²) in [5.41, 5.74) is 0.330. The van der Waals surface area contributed by atoms with Crippen LogP contribution in [-0.2, 0) is 19.6 Å². The zero-order valence-electron chi connectivity index (χ0n) is 10.5. The van der Waals surface area contributed by atoms with Crippen molar-refractivity contribution in [3.8, 4) is 0 Å². The van der Waals surface area contributed by atoms with E-state index in [2.05, 4.69) is 6.58 Å². The van der Waals surface area contributed by atoms with Crippen molar-refractivity contribution < 1.29 is 27.0 Å². The summed E-state index contributed by atoms with van der Waals surface area (Å²) in [5, 5.41) is 0. The Balaban J connectivity index is 3.96. The van der Waals surface area contributed by atoms with Gasteiger partial charge in [0.05, 0.1) is 27.2 Å². The average Bonchev–Trinajstić information content (AvgIpc) is 2.07. The maximum atomic E-state index is 11.0. The fourth-order valence-corrected chi connectivity index (χ4v) is 2.30. The molecule has 0 aromatic heterocycles. The van der Waals surface area contributed by atoms with Crippen molar-refractivity contribution in [2.24, 2.45) is 0 Å². The van der Waals surface area contributed by atoms with E-state index in [1.165, 1.54) is 0 Å². The van der Waals surface area contributed by atoms with Crippen LogP contribution in [0.1, 0.15) is 13.3 Å². The predicted octanol–water partition coefficient (Wildman–Crippen LogP) is 0.417. The van der Waals surface area contributed by atoms with Crippen molar-refractivity contribution in [2.75, 3.05) is 33.1 Å². The molecule has 0 aromatic rings. The molecule has 0 bridgehead atoms. The summed E-state index contributed by atoms with van der Waals surface area (Å²) in [6.45, 7) is 5.68. The van der Waals surface area contributed by atoms with Gasteiger partial charge in [0.1, 0.15) is 0 Å². The molecule has 6 nitrogen and oxygen atoms in total. The van der Waals surface area contributed by atoms with Crippen LogP contribution in [0.25, 0.3) is 0 Å². The molecule has 0 amide bonds. The second kappa shape index (κ2) is 6.13. The first kappa shape index (κ1) is 16.1. The van der Waals surface area contributed by atoms with E-state index < -0.39 is 16.1 Å². The standard InChI is InChI=1S/C10H19NO5S/c1-9(2)10(12)16-7-5-6-11(3,4)8-17(13,14)15/h1,5-8H2,2-4H3/p+1. The number of carbonyl (C=O) groups is 1. The van der Waals surface area contributed by atoms with Crippen molar-refractivity contribution in [3.63, 3.8) is 0 Å². The topological polar surface area (TPSA) is 80.7 Å². The Bertz CT molecular complexity index is 386. The van der Waals surface area contributed by atoms with Crippen molar-refractivity contribution >= 4 is 16.1 Å². The summed E-state index contributed by atoms with van der Waals surface area (Å²) >= 11 is 0. The summed E-state index contributed by atoms with van der Waals surface area (Å²) in [7, 11) is -0.648. The van der Waals surface area contributed by atoms with Crippen molar-refractivity contribution in [3.05, 3.63) is 12.2 Å². The lowest BCUT2D eigenvalue weighted by molar-refractivity contribution is -0.878. The van der Waals surface area contributed by atoms with Gasteiger partial charge < -0.3 is 9.22 Å². The second-order valence-corrected chi connectivity index (χ2v) is 6.06. The lowest BCUT2D eigenvalue weighted by atomic mass is 10.3. The molecule has 0 radical (unpaired) electrons. The van der Waals surface area contributed by atoms with E-state index in [1.807, 2.05) is 0 Å². The maximum Gasteiger partial charge on any atom is 0.333 e. The summed E-state index contributed by atoms with van der Waals surface area (Å²) in [6, 6.07) is 0. The van der Waals surface area contributed by atoms with E-state index in [9.17, 15) is 13.2 Å². The molecular formula is C10H20NO5S+. The lowest BCUT2D eigenvalue weighted by Gasteiger charge is -2.27. The Kier molecular flexibility index (Phi) is 5.80. The van der Waals surface area contributed by atoms with Gasteiger partial charge in [0.2, 0.25) is 5.88 Å². The monoisotopic (exact) mass is 266 g/mol. The van der Waals surface area contributed by atoms with E-state index in [-0.39, 0.29) is 17.0 Å². The van der Waals surface area contributed by atoms with Gasteiger partial charge in [-0.15, -0.1) is 0 Å². The minimum Gasteiger partial charge on any atom is -0.462 e. The molecule has 0 rings (SSSR count). The van der Waals surface area contributed by atoms with E-state index in [0.29, 0.717) is 18.5 Å². The molecule has 0 aliphatic rings. The van der Waals surface area contributed by atoms with Gasteiger partial charge >= 0.3 is 16.1 Å². The summed E-state index contributed by atoms with van der Waals surface area (Å²) < 4.78 is 35.2. The number of rotatable bonds is 7. The zero-order valence-corrected chi connectivity index (χ0v) is 11.3. The second-order valence-electron chi connectivity index (χ2n) is 4.64. The highest BCUT2D eigenvalue weighted by molar-refractivity contribution is 7.85. The maximum absolute atomic E-state index is 11.0. The van der Waals surface area contributed by atoms with Crippen LogP contribution in [-0.4, -0.2) is 56.5 Å². The first-order valence-electron chi connectivity index (χ1n) is 5.13. The fourth-order valence-electron chi connectivity index (χ4n) is 1.29.